The van der Waals surface area contributed by atoms with Crippen molar-refractivity contribution < 1.29 is 9.59 Å². The van der Waals surface area contributed by atoms with Gasteiger partial charge in [0.05, 0.1) is 17.3 Å². The minimum Gasteiger partial charge on any atom is -0.287 e. The van der Waals surface area contributed by atoms with Gasteiger partial charge in [-0.25, -0.2) is 4.98 Å². The van der Waals surface area contributed by atoms with Crippen molar-refractivity contribution in [3.63, 3.8) is 0 Å². The Labute approximate surface area is 125 Å². The van der Waals surface area contributed by atoms with E-state index in [2.05, 4.69) is 10.1 Å². The summed E-state index contributed by atoms with van der Waals surface area (Å²) in [7, 11) is 0. The molecule has 1 aliphatic rings. The van der Waals surface area contributed by atoms with Crippen LogP contribution in [-0.4, -0.2) is 32.1 Å². The van der Waals surface area contributed by atoms with Gasteiger partial charge in [0.15, 0.2) is 0 Å². The molecule has 0 N–H and O–H groups in total. The van der Waals surface area contributed by atoms with Gasteiger partial charge in [0.25, 0.3) is 17.4 Å². The van der Waals surface area contributed by atoms with Crippen LogP contribution in [0.3, 0.4) is 0 Å². The van der Waals surface area contributed by atoms with E-state index in [1.807, 2.05) is 0 Å². The van der Waals surface area contributed by atoms with Crippen LogP contribution in [-0.2, 0) is 16.1 Å². The molecule has 0 radical (unpaired) electrons. The lowest BCUT2D eigenvalue weighted by Crippen LogP contribution is -2.36. The first-order chi connectivity index (χ1) is 10.5. The summed E-state index contributed by atoms with van der Waals surface area (Å²) in [5.74, 6) is -0.490. The standard InChI is InChI=1S/C15H14N4O3/c1-9-7-13(20)19(17-9)14(21)8-18-10(2)16-12-6-4-3-5-11(12)15(18)22/h3-6H,7-8H2,1-2H3. The lowest BCUT2D eigenvalue weighted by atomic mass is 10.2. The van der Waals surface area contributed by atoms with E-state index >= 15 is 0 Å². The Morgan fingerprint density at radius 3 is 2.64 bits per heavy atom. The summed E-state index contributed by atoms with van der Waals surface area (Å²) in [6, 6.07) is 6.94. The van der Waals surface area contributed by atoms with Gasteiger partial charge in [-0.1, -0.05) is 12.1 Å². The van der Waals surface area contributed by atoms with E-state index in [-0.39, 0.29) is 24.4 Å². The number of aromatic nitrogens is 2. The predicted octanol–water partition coefficient (Wildman–Crippen LogP) is 0.840. The highest BCUT2D eigenvalue weighted by atomic mass is 16.2. The summed E-state index contributed by atoms with van der Waals surface area (Å²) < 4.78 is 1.26. The normalized spacial score (nSPS) is 14.5. The fraction of sp³-hybridized carbons (Fsp3) is 0.267. The van der Waals surface area contributed by atoms with Crippen molar-refractivity contribution in [1.29, 1.82) is 0 Å². The number of carbonyl (C=O) groups is 2. The predicted molar refractivity (Wildman–Crippen MR) is 80.3 cm³/mol. The van der Waals surface area contributed by atoms with Gasteiger partial charge in [0.1, 0.15) is 12.4 Å². The van der Waals surface area contributed by atoms with Crippen LogP contribution in [0, 0.1) is 6.92 Å². The lowest BCUT2D eigenvalue weighted by Gasteiger charge is -2.13. The maximum absolute atomic E-state index is 12.5. The molecule has 1 aromatic carbocycles. The number of benzene rings is 1. The summed E-state index contributed by atoms with van der Waals surface area (Å²) in [5, 5.41) is 5.17. The molecule has 2 heterocycles. The monoisotopic (exact) mass is 298 g/mol. The number of fused-ring (bicyclic) bond motifs is 1. The van der Waals surface area contributed by atoms with Gasteiger partial charge in [-0.05, 0) is 26.0 Å². The van der Waals surface area contributed by atoms with Crippen LogP contribution in [0.5, 0.6) is 0 Å². The van der Waals surface area contributed by atoms with Crippen molar-refractivity contribution in [2.24, 2.45) is 5.10 Å². The van der Waals surface area contributed by atoms with E-state index in [1.165, 1.54) is 4.57 Å². The third-order valence-electron chi connectivity index (χ3n) is 3.50. The molecule has 7 nitrogen and oxygen atoms in total. The number of amides is 2. The second-order valence-corrected chi connectivity index (χ2v) is 5.18. The molecule has 1 aliphatic heterocycles. The van der Waals surface area contributed by atoms with Crippen molar-refractivity contribution in [3.8, 4) is 0 Å². The molecule has 0 saturated carbocycles. The largest absolute Gasteiger partial charge is 0.287 e. The molecule has 3 rings (SSSR count). The fourth-order valence-electron chi connectivity index (χ4n) is 2.42. The summed E-state index contributed by atoms with van der Waals surface area (Å²) in [4.78, 5) is 40.7. The Bertz CT molecular complexity index is 882. The van der Waals surface area contributed by atoms with Crippen LogP contribution in [0.25, 0.3) is 10.9 Å². The summed E-state index contributed by atoms with van der Waals surface area (Å²) in [6.45, 7) is 3.08. The van der Waals surface area contributed by atoms with Crippen molar-refractivity contribution in [2.75, 3.05) is 0 Å². The molecule has 2 amide bonds. The number of hydrogen-bond acceptors (Lipinski definition) is 5. The zero-order valence-corrected chi connectivity index (χ0v) is 12.2. The van der Waals surface area contributed by atoms with Gasteiger partial charge in [0, 0.05) is 5.71 Å². The topological polar surface area (TPSA) is 84.6 Å². The number of rotatable bonds is 2. The number of hydrazone groups is 1. The summed E-state index contributed by atoms with van der Waals surface area (Å²) in [6.07, 6.45) is 0.135. The van der Waals surface area contributed by atoms with E-state index in [0.29, 0.717) is 22.4 Å². The van der Waals surface area contributed by atoms with Crippen molar-refractivity contribution in [1.82, 2.24) is 14.6 Å². The number of imide groups is 1. The average Bonchev–Trinajstić information content (AvgIpc) is 2.82. The molecule has 0 spiro atoms. The van der Waals surface area contributed by atoms with Gasteiger partial charge in [-0.15, -0.1) is 0 Å². The van der Waals surface area contributed by atoms with E-state index in [4.69, 9.17) is 0 Å². The molecule has 0 saturated heterocycles. The third-order valence-corrected chi connectivity index (χ3v) is 3.50. The molecule has 0 atom stereocenters. The molecule has 1 aromatic heterocycles. The SMILES string of the molecule is CC1=NN(C(=O)Cn2c(C)nc3ccccc3c2=O)C(=O)C1. The Balaban J connectivity index is 1.99. The van der Waals surface area contributed by atoms with Gasteiger partial charge < -0.3 is 0 Å². The molecule has 7 heteroatoms. The molecule has 0 fully saturated rings. The van der Waals surface area contributed by atoms with Crippen LogP contribution >= 0.6 is 0 Å². The van der Waals surface area contributed by atoms with Gasteiger partial charge in [0.2, 0.25) is 0 Å². The van der Waals surface area contributed by atoms with Crippen LogP contribution in [0.4, 0.5) is 0 Å². The smallest absolute Gasteiger partial charge is 0.270 e. The molecule has 112 valence electrons. The minimum absolute atomic E-state index is 0.135. The van der Waals surface area contributed by atoms with Gasteiger partial charge in [-0.2, -0.15) is 10.1 Å². The second kappa shape index (κ2) is 5.18. The fourth-order valence-corrected chi connectivity index (χ4v) is 2.42. The number of aryl methyl sites for hydroxylation is 1. The zero-order chi connectivity index (χ0) is 15.9. The Morgan fingerprint density at radius 2 is 1.95 bits per heavy atom. The zero-order valence-electron chi connectivity index (χ0n) is 12.2. The highest BCUT2D eigenvalue weighted by molar-refractivity contribution is 6.10. The lowest BCUT2D eigenvalue weighted by molar-refractivity contribution is -0.143. The number of hydrogen-bond donors (Lipinski definition) is 0. The van der Waals surface area contributed by atoms with Crippen molar-refractivity contribution >= 4 is 28.4 Å². The van der Waals surface area contributed by atoms with E-state index in [0.717, 1.165) is 5.01 Å². The van der Waals surface area contributed by atoms with E-state index in [1.54, 1.807) is 38.1 Å². The van der Waals surface area contributed by atoms with Crippen LogP contribution in [0.15, 0.2) is 34.2 Å². The molecule has 22 heavy (non-hydrogen) atoms. The second-order valence-electron chi connectivity index (χ2n) is 5.18. The third kappa shape index (κ3) is 2.30. The summed E-state index contributed by atoms with van der Waals surface area (Å²) in [5.41, 5.74) is 0.864. The van der Waals surface area contributed by atoms with Crippen molar-refractivity contribution in [3.05, 3.63) is 40.4 Å². The maximum atomic E-state index is 12.5. The number of carbonyl (C=O) groups excluding carboxylic acids is 2. The highest BCUT2D eigenvalue weighted by Crippen LogP contribution is 2.11. The maximum Gasteiger partial charge on any atom is 0.270 e. The van der Waals surface area contributed by atoms with Gasteiger partial charge in [-0.3, -0.25) is 19.0 Å². The first kappa shape index (κ1) is 14.1. The first-order valence-electron chi connectivity index (χ1n) is 6.83. The Morgan fingerprint density at radius 1 is 1.23 bits per heavy atom. The van der Waals surface area contributed by atoms with Crippen LogP contribution in [0.2, 0.25) is 0 Å². The minimum atomic E-state index is -0.538. The molecular weight excluding hydrogens is 284 g/mol. The highest BCUT2D eigenvalue weighted by Gasteiger charge is 2.28. The quantitative estimate of drug-likeness (QED) is 0.822. The van der Waals surface area contributed by atoms with E-state index < -0.39 is 5.91 Å². The average molecular weight is 298 g/mol. The van der Waals surface area contributed by atoms with Gasteiger partial charge >= 0.3 is 0 Å². The first-order valence-corrected chi connectivity index (χ1v) is 6.83. The molecule has 0 unspecified atom stereocenters. The molecule has 0 bridgehead atoms. The number of para-hydroxylation sites is 1. The molecular formula is C15H14N4O3. The van der Waals surface area contributed by atoms with E-state index in [9.17, 15) is 14.4 Å². The summed E-state index contributed by atoms with van der Waals surface area (Å²) >= 11 is 0. The van der Waals surface area contributed by atoms with Crippen molar-refractivity contribution in [2.45, 2.75) is 26.8 Å². The Hall–Kier alpha value is -2.83. The molecule has 0 aliphatic carbocycles. The van der Waals surface area contributed by atoms with Crippen LogP contribution in [0.1, 0.15) is 19.2 Å². The Kier molecular flexibility index (Phi) is 3.32. The molecule has 2 aromatic rings. The van der Waals surface area contributed by atoms with Crippen LogP contribution < -0.4 is 5.56 Å². The number of nitrogens with zero attached hydrogens (tertiary/aromatic N) is 4.